The number of carbonyl (C=O) groups excluding carboxylic acids is 1. The maximum atomic E-state index is 14.3. The lowest BCUT2D eigenvalue weighted by Gasteiger charge is -2.30. The monoisotopic (exact) mass is 495 g/mol. The summed E-state index contributed by atoms with van der Waals surface area (Å²) >= 11 is 1.21. The van der Waals surface area contributed by atoms with Gasteiger partial charge in [-0.2, -0.15) is 10.2 Å². The fourth-order valence-corrected chi connectivity index (χ4v) is 5.68. The van der Waals surface area contributed by atoms with Gasteiger partial charge >= 0.3 is 0 Å². The van der Waals surface area contributed by atoms with Crippen LogP contribution in [-0.2, 0) is 4.79 Å². The first kappa shape index (κ1) is 23.3. The van der Waals surface area contributed by atoms with Crippen LogP contribution < -0.4 is 11.1 Å². The molecule has 0 bridgehead atoms. The van der Waals surface area contributed by atoms with E-state index < -0.39 is 12.4 Å². The minimum absolute atomic E-state index is 0.0838. The molecule has 0 radical (unpaired) electrons. The van der Waals surface area contributed by atoms with Gasteiger partial charge in [0, 0.05) is 40.2 Å². The van der Waals surface area contributed by atoms with E-state index in [1.807, 2.05) is 30.1 Å². The van der Waals surface area contributed by atoms with Crippen LogP contribution in [0.25, 0.3) is 16.6 Å². The average molecular weight is 496 g/mol. The van der Waals surface area contributed by atoms with E-state index in [1.165, 1.54) is 17.8 Å². The maximum Gasteiger partial charge on any atom is 0.245 e. The number of hydrogen-bond donors (Lipinski definition) is 3. The first-order chi connectivity index (χ1) is 16.9. The van der Waals surface area contributed by atoms with E-state index in [0.717, 1.165) is 47.4 Å². The second-order valence-corrected chi connectivity index (χ2v) is 9.73. The minimum atomic E-state index is -0.485. The molecular weight excluding hydrogens is 469 g/mol. The molecule has 4 heterocycles. The number of carbonyl (C=O) groups is 1. The van der Waals surface area contributed by atoms with Crippen LogP contribution in [0.1, 0.15) is 37.4 Å². The standard InChI is InChI=1S/C24H26FN7O2S/c1-14-18(10-29-32(14)17-6-4-16(5-7-17)30-22(34)13-33)15-9-21(23-20(26)11-28-31(23)12-15)35-24-19(25)3-2-8-27-24/h2-3,8-12,16-17,33H,4-7,13,26H2,1H3,(H,30,34). The fraction of sp³-hybridized carbons (Fsp3) is 0.333. The van der Waals surface area contributed by atoms with Crippen molar-refractivity contribution in [1.82, 2.24) is 29.7 Å². The van der Waals surface area contributed by atoms with Crippen molar-refractivity contribution in [3.05, 3.63) is 54.5 Å². The first-order valence-corrected chi connectivity index (χ1v) is 12.3. The highest BCUT2D eigenvalue weighted by Crippen LogP contribution is 2.38. The smallest absolute Gasteiger partial charge is 0.245 e. The van der Waals surface area contributed by atoms with Gasteiger partial charge in [0.25, 0.3) is 0 Å². The van der Waals surface area contributed by atoms with Crippen molar-refractivity contribution in [2.24, 2.45) is 0 Å². The molecule has 0 aliphatic heterocycles. The summed E-state index contributed by atoms with van der Waals surface area (Å²) in [6.45, 7) is 1.55. The van der Waals surface area contributed by atoms with Crippen molar-refractivity contribution < 1.29 is 14.3 Å². The van der Waals surface area contributed by atoms with Gasteiger partial charge in [-0.15, -0.1) is 0 Å². The van der Waals surface area contributed by atoms with Crippen molar-refractivity contribution in [1.29, 1.82) is 0 Å². The zero-order valence-corrected chi connectivity index (χ0v) is 20.0. The van der Waals surface area contributed by atoms with E-state index in [4.69, 9.17) is 10.8 Å². The molecule has 0 aromatic carbocycles. The number of anilines is 1. The predicted octanol–water partition coefficient (Wildman–Crippen LogP) is 3.37. The molecule has 0 spiro atoms. The lowest BCUT2D eigenvalue weighted by molar-refractivity contribution is -0.124. The highest BCUT2D eigenvalue weighted by molar-refractivity contribution is 7.99. The summed E-state index contributed by atoms with van der Waals surface area (Å²) in [6, 6.07) is 5.23. The van der Waals surface area contributed by atoms with Gasteiger partial charge in [-0.25, -0.2) is 13.9 Å². The molecule has 5 rings (SSSR count). The molecule has 182 valence electrons. The highest BCUT2D eigenvalue weighted by atomic mass is 32.2. The highest BCUT2D eigenvalue weighted by Gasteiger charge is 2.26. The molecule has 11 heteroatoms. The number of nitrogens with two attached hydrogens (primary N) is 1. The summed E-state index contributed by atoms with van der Waals surface area (Å²) in [6.07, 6.45) is 10.3. The van der Waals surface area contributed by atoms with Gasteiger partial charge in [0.2, 0.25) is 5.91 Å². The molecule has 4 aromatic heterocycles. The molecule has 1 fully saturated rings. The molecule has 0 atom stereocenters. The van der Waals surface area contributed by atoms with Crippen molar-refractivity contribution in [3.8, 4) is 11.1 Å². The molecule has 0 saturated heterocycles. The normalized spacial score (nSPS) is 18.1. The quantitative estimate of drug-likeness (QED) is 0.375. The van der Waals surface area contributed by atoms with E-state index in [-0.39, 0.29) is 23.0 Å². The van der Waals surface area contributed by atoms with E-state index in [0.29, 0.717) is 11.2 Å². The van der Waals surface area contributed by atoms with Crippen LogP contribution >= 0.6 is 11.8 Å². The van der Waals surface area contributed by atoms with Gasteiger partial charge < -0.3 is 16.2 Å². The van der Waals surface area contributed by atoms with Crippen LogP contribution in [0.5, 0.6) is 0 Å². The maximum absolute atomic E-state index is 14.3. The summed E-state index contributed by atoms with van der Waals surface area (Å²) in [4.78, 5) is 16.4. The Morgan fingerprint density at radius 3 is 2.83 bits per heavy atom. The number of nitrogens with zero attached hydrogens (tertiary/aromatic N) is 5. The topological polar surface area (TPSA) is 123 Å². The van der Waals surface area contributed by atoms with Gasteiger partial charge in [0.1, 0.15) is 17.1 Å². The number of amides is 1. The number of aliphatic hydroxyl groups is 1. The molecule has 0 unspecified atom stereocenters. The Morgan fingerprint density at radius 2 is 2.09 bits per heavy atom. The number of aromatic nitrogens is 5. The number of pyridine rings is 2. The number of rotatable bonds is 6. The summed E-state index contributed by atoms with van der Waals surface area (Å²) in [5, 5.41) is 21.2. The Balaban J connectivity index is 1.44. The fourth-order valence-electron chi connectivity index (χ4n) is 4.70. The third kappa shape index (κ3) is 4.61. The van der Waals surface area contributed by atoms with Crippen molar-refractivity contribution >= 4 is 28.9 Å². The third-order valence-corrected chi connectivity index (χ3v) is 7.47. The lowest BCUT2D eigenvalue weighted by atomic mass is 9.91. The van der Waals surface area contributed by atoms with E-state index in [2.05, 4.69) is 20.5 Å². The van der Waals surface area contributed by atoms with Crippen LogP contribution in [0.15, 0.2) is 52.9 Å². The molecule has 9 nitrogen and oxygen atoms in total. The van der Waals surface area contributed by atoms with Gasteiger partial charge in [0.05, 0.1) is 24.1 Å². The average Bonchev–Trinajstić information content (AvgIpc) is 3.43. The largest absolute Gasteiger partial charge is 0.396 e. The van der Waals surface area contributed by atoms with Gasteiger partial charge in [-0.1, -0.05) is 11.8 Å². The van der Waals surface area contributed by atoms with Gasteiger partial charge in [-0.05, 0) is 50.8 Å². The first-order valence-electron chi connectivity index (χ1n) is 11.4. The second kappa shape index (κ2) is 9.67. The number of halogens is 1. The molecule has 1 aliphatic rings. The Labute approximate surface area is 205 Å². The van der Waals surface area contributed by atoms with Crippen molar-refractivity contribution in [3.63, 3.8) is 0 Å². The van der Waals surface area contributed by atoms with E-state index in [1.54, 1.807) is 23.0 Å². The predicted molar refractivity (Wildman–Crippen MR) is 130 cm³/mol. The molecule has 35 heavy (non-hydrogen) atoms. The van der Waals surface area contributed by atoms with Crippen molar-refractivity contribution in [2.45, 2.75) is 54.6 Å². The van der Waals surface area contributed by atoms with Crippen LogP contribution in [0.2, 0.25) is 0 Å². The molecular formula is C24H26FN7O2S. The molecule has 1 amide bonds. The summed E-state index contributed by atoms with van der Waals surface area (Å²) < 4.78 is 18.1. The number of nitrogens with one attached hydrogen (secondary N) is 1. The summed E-state index contributed by atoms with van der Waals surface area (Å²) in [5.41, 5.74) is 10.3. The van der Waals surface area contributed by atoms with Gasteiger partial charge in [-0.3, -0.25) is 9.48 Å². The van der Waals surface area contributed by atoms with E-state index in [9.17, 15) is 9.18 Å². The van der Waals surface area contributed by atoms with Crippen LogP contribution in [0, 0.1) is 12.7 Å². The number of aliphatic hydroxyl groups excluding tert-OH is 1. The number of nitrogen functional groups attached to an aromatic ring is 1. The Hall–Kier alpha value is -3.44. The third-order valence-electron chi connectivity index (χ3n) is 6.44. The second-order valence-electron chi connectivity index (χ2n) is 8.70. The Morgan fingerprint density at radius 1 is 1.29 bits per heavy atom. The summed E-state index contributed by atoms with van der Waals surface area (Å²) in [7, 11) is 0. The molecule has 4 N–H and O–H groups in total. The van der Waals surface area contributed by atoms with Crippen LogP contribution in [0.3, 0.4) is 0 Å². The number of hydrogen-bond acceptors (Lipinski definition) is 7. The molecule has 1 saturated carbocycles. The Kier molecular flexibility index (Phi) is 6.44. The Bertz CT molecular complexity index is 1380. The van der Waals surface area contributed by atoms with E-state index >= 15 is 0 Å². The molecule has 4 aromatic rings. The SMILES string of the molecule is Cc1c(-c2cc(Sc3ncccc3F)c3c(N)cnn3c2)cnn1C1CCC(NC(=O)CO)CC1. The lowest BCUT2D eigenvalue weighted by Crippen LogP contribution is -2.39. The van der Waals surface area contributed by atoms with Crippen molar-refractivity contribution in [2.75, 3.05) is 12.3 Å². The zero-order chi connectivity index (χ0) is 24.5. The minimum Gasteiger partial charge on any atom is -0.396 e. The molecule has 1 aliphatic carbocycles. The number of fused-ring (bicyclic) bond motifs is 1. The zero-order valence-electron chi connectivity index (χ0n) is 19.2. The van der Waals surface area contributed by atoms with Crippen LogP contribution in [0.4, 0.5) is 10.1 Å². The van der Waals surface area contributed by atoms with Gasteiger partial charge in [0.15, 0.2) is 5.82 Å². The summed E-state index contributed by atoms with van der Waals surface area (Å²) in [5.74, 6) is -0.728. The van der Waals surface area contributed by atoms with Crippen LogP contribution in [-0.4, -0.2) is 48.0 Å².